The normalized spacial score (nSPS) is 20.5. The second-order valence-corrected chi connectivity index (χ2v) is 5.23. The van der Waals surface area contributed by atoms with E-state index in [-0.39, 0.29) is 0 Å². The fourth-order valence-electron chi connectivity index (χ4n) is 1.81. The molecule has 1 aliphatic carbocycles. The van der Waals surface area contributed by atoms with Gasteiger partial charge in [-0.1, -0.05) is 41.0 Å². The summed E-state index contributed by atoms with van der Waals surface area (Å²) in [7, 11) is 0. The van der Waals surface area contributed by atoms with E-state index in [0.29, 0.717) is 10.8 Å². The highest BCUT2D eigenvalue weighted by Crippen LogP contribution is 2.55. The van der Waals surface area contributed by atoms with Crippen molar-refractivity contribution >= 4 is 0 Å². The van der Waals surface area contributed by atoms with Crippen LogP contribution in [0.1, 0.15) is 53.9 Å². The highest BCUT2D eigenvalue weighted by molar-refractivity contribution is 4.96. The lowest BCUT2D eigenvalue weighted by Crippen LogP contribution is -2.33. The Hall–Kier alpha value is 0. The van der Waals surface area contributed by atoms with Gasteiger partial charge in [0.1, 0.15) is 0 Å². The minimum atomic E-state index is 0.522. The highest BCUT2D eigenvalue weighted by Gasteiger charge is 2.46. The first-order valence-electron chi connectivity index (χ1n) is 4.92. The van der Waals surface area contributed by atoms with E-state index < -0.39 is 0 Å². The largest absolute Gasteiger partial charge is 0.0649 e. The zero-order chi connectivity index (χ0) is 8.70. The molecule has 0 heteroatoms. The van der Waals surface area contributed by atoms with Gasteiger partial charge in [-0.05, 0) is 29.6 Å². The highest BCUT2D eigenvalue weighted by atomic mass is 14.5. The standard InChI is InChI=1S/C11H22/c1-6-10(2,3)11(4,5)9-7-8-9/h9H,6-8H2,1-5H3. The first-order chi connectivity index (χ1) is 4.92. The smallest absolute Gasteiger partial charge is 0.0275 e. The van der Waals surface area contributed by atoms with Gasteiger partial charge in [-0.15, -0.1) is 0 Å². The predicted molar refractivity (Wildman–Crippen MR) is 50.6 cm³/mol. The van der Waals surface area contributed by atoms with Crippen LogP contribution in [-0.4, -0.2) is 0 Å². The Kier molecular flexibility index (Phi) is 2.07. The molecule has 11 heavy (non-hydrogen) atoms. The van der Waals surface area contributed by atoms with Crippen LogP contribution in [0.25, 0.3) is 0 Å². The van der Waals surface area contributed by atoms with Crippen molar-refractivity contribution in [2.45, 2.75) is 53.9 Å². The fraction of sp³-hybridized carbons (Fsp3) is 1.00. The van der Waals surface area contributed by atoms with Crippen LogP contribution in [0, 0.1) is 16.7 Å². The summed E-state index contributed by atoms with van der Waals surface area (Å²) in [5, 5.41) is 0. The van der Waals surface area contributed by atoms with Crippen LogP contribution in [-0.2, 0) is 0 Å². The fourth-order valence-corrected chi connectivity index (χ4v) is 1.81. The summed E-state index contributed by atoms with van der Waals surface area (Å²) < 4.78 is 0. The zero-order valence-corrected chi connectivity index (χ0v) is 8.70. The van der Waals surface area contributed by atoms with Gasteiger partial charge >= 0.3 is 0 Å². The molecule has 1 rings (SSSR count). The second-order valence-electron chi connectivity index (χ2n) is 5.23. The van der Waals surface area contributed by atoms with Crippen LogP contribution < -0.4 is 0 Å². The molecule has 0 aromatic carbocycles. The first-order valence-corrected chi connectivity index (χ1v) is 4.92. The molecule has 0 spiro atoms. The van der Waals surface area contributed by atoms with E-state index in [2.05, 4.69) is 34.6 Å². The Morgan fingerprint density at radius 3 is 1.82 bits per heavy atom. The topological polar surface area (TPSA) is 0 Å². The number of hydrogen-bond acceptors (Lipinski definition) is 0. The van der Waals surface area contributed by atoms with E-state index in [1.807, 2.05) is 0 Å². The van der Waals surface area contributed by atoms with Gasteiger partial charge in [-0.3, -0.25) is 0 Å². The van der Waals surface area contributed by atoms with Gasteiger partial charge in [0, 0.05) is 0 Å². The molecule has 0 unspecified atom stereocenters. The zero-order valence-electron chi connectivity index (χ0n) is 8.70. The maximum Gasteiger partial charge on any atom is -0.0275 e. The second kappa shape index (κ2) is 2.50. The van der Waals surface area contributed by atoms with E-state index in [4.69, 9.17) is 0 Å². The summed E-state index contributed by atoms with van der Waals surface area (Å²) >= 11 is 0. The van der Waals surface area contributed by atoms with Crippen molar-refractivity contribution in [1.29, 1.82) is 0 Å². The number of rotatable bonds is 3. The SMILES string of the molecule is CCC(C)(C)C(C)(C)C1CC1. The summed E-state index contributed by atoms with van der Waals surface area (Å²) in [4.78, 5) is 0. The molecule has 1 fully saturated rings. The molecule has 66 valence electrons. The molecule has 1 aliphatic rings. The number of hydrogen-bond donors (Lipinski definition) is 0. The molecule has 0 nitrogen and oxygen atoms in total. The average Bonchev–Trinajstić information content (AvgIpc) is 2.68. The lowest BCUT2D eigenvalue weighted by atomic mass is 9.64. The molecule has 0 heterocycles. The summed E-state index contributed by atoms with van der Waals surface area (Å²) in [5.41, 5.74) is 1.08. The molecular formula is C11H22. The molecule has 1 saturated carbocycles. The molecule has 0 bridgehead atoms. The lowest BCUT2D eigenvalue weighted by molar-refractivity contribution is 0.0787. The van der Waals surface area contributed by atoms with Crippen molar-refractivity contribution in [2.75, 3.05) is 0 Å². The molecule has 0 aliphatic heterocycles. The van der Waals surface area contributed by atoms with Crippen LogP contribution >= 0.6 is 0 Å². The Bertz CT molecular complexity index is 138. The van der Waals surface area contributed by atoms with Gasteiger partial charge < -0.3 is 0 Å². The molecule has 0 saturated heterocycles. The van der Waals surface area contributed by atoms with Crippen LogP contribution in [0.4, 0.5) is 0 Å². The van der Waals surface area contributed by atoms with E-state index in [1.165, 1.54) is 19.3 Å². The van der Waals surface area contributed by atoms with Gasteiger partial charge in [0.25, 0.3) is 0 Å². The third-order valence-electron chi connectivity index (χ3n) is 4.23. The minimum absolute atomic E-state index is 0.522. The third-order valence-corrected chi connectivity index (χ3v) is 4.23. The average molecular weight is 154 g/mol. The minimum Gasteiger partial charge on any atom is -0.0649 e. The van der Waals surface area contributed by atoms with Crippen molar-refractivity contribution in [3.63, 3.8) is 0 Å². The van der Waals surface area contributed by atoms with Crippen molar-refractivity contribution < 1.29 is 0 Å². The Morgan fingerprint density at radius 1 is 1.09 bits per heavy atom. The molecule has 0 aromatic heterocycles. The van der Waals surface area contributed by atoms with E-state index in [0.717, 1.165) is 5.92 Å². The van der Waals surface area contributed by atoms with E-state index in [1.54, 1.807) is 0 Å². The van der Waals surface area contributed by atoms with Crippen molar-refractivity contribution in [1.82, 2.24) is 0 Å². The molecule has 0 atom stereocenters. The van der Waals surface area contributed by atoms with Gasteiger partial charge in [0.2, 0.25) is 0 Å². The Balaban J connectivity index is 2.68. The third kappa shape index (κ3) is 1.45. The van der Waals surface area contributed by atoms with E-state index >= 15 is 0 Å². The van der Waals surface area contributed by atoms with Crippen LogP contribution in [0.15, 0.2) is 0 Å². The maximum absolute atomic E-state index is 2.44. The van der Waals surface area contributed by atoms with Gasteiger partial charge in [0.15, 0.2) is 0 Å². The summed E-state index contributed by atoms with van der Waals surface area (Å²) in [6.45, 7) is 12.0. The van der Waals surface area contributed by atoms with Gasteiger partial charge in [-0.25, -0.2) is 0 Å². The van der Waals surface area contributed by atoms with Crippen molar-refractivity contribution in [2.24, 2.45) is 16.7 Å². The molecule has 0 N–H and O–H groups in total. The Labute approximate surface area is 71.4 Å². The predicted octanol–water partition coefficient (Wildman–Crippen LogP) is 3.86. The molecule has 0 radical (unpaired) electrons. The van der Waals surface area contributed by atoms with E-state index in [9.17, 15) is 0 Å². The summed E-state index contributed by atoms with van der Waals surface area (Å²) in [6, 6.07) is 0. The lowest BCUT2D eigenvalue weighted by Gasteiger charge is -2.41. The quantitative estimate of drug-likeness (QED) is 0.579. The monoisotopic (exact) mass is 154 g/mol. The van der Waals surface area contributed by atoms with Crippen molar-refractivity contribution in [3.05, 3.63) is 0 Å². The molecule has 0 amide bonds. The Morgan fingerprint density at radius 2 is 1.55 bits per heavy atom. The molecule has 0 aromatic rings. The maximum atomic E-state index is 2.44. The van der Waals surface area contributed by atoms with Crippen molar-refractivity contribution in [3.8, 4) is 0 Å². The first kappa shape index (κ1) is 9.09. The summed E-state index contributed by atoms with van der Waals surface area (Å²) in [5.74, 6) is 1.01. The van der Waals surface area contributed by atoms with Crippen LogP contribution in [0.2, 0.25) is 0 Å². The molecular weight excluding hydrogens is 132 g/mol. The summed E-state index contributed by atoms with van der Waals surface area (Å²) in [6.07, 6.45) is 4.24. The van der Waals surface area contributed by atoms with Gasteiger partial charge in [0.05, 0.1) is 0 Å². The van der Waals surface area contributed by atoms with Crippen LogP contribution in [0.5, 0.6) is 0 Å². The van der Waals surface area contributed by atoms with Gasteiger partial charge in [-0.2, -0.15) is 0 Å². The van der Waals surface area contributed by atoms with Crippen LogP contribution in [0.3, 0.4) is 0 Å².